The molecule has 0 saturated heterocycles. The smallest absolute Gasteiger partial charge is 0.250 e. The molecule has 0 aliphatic heterocycles. The van der Waals surface area contributed by atoms with E-state index in [0.29, 0.717) is 5.56 Å². The molecule has 0 unspecified atom stereocenters. The molecule has 0 spiro atoms. The average molecular weight is 605 g/mol. The summed E-state index contributed by atoms with van der Waals surface area (Å²) in [6, 6.07) is 13.7. The molecule has 1 fully saturated rings. The third kappa shape index (κ3) is 5.16. The minimum Gasteiger partial charge on any atom is -0.332 e. The first-order valence-electron chi connectivity index (χ1n) is 11.5. The molecule has 0 amide bonds. The van der Waals surface area contributed by atoms with E-state index in [0.717, 1.165) is 47.5 Å². The molecule has 2 heterocycles. The van der Waals surface area contributed by atoms with Crippen LogP contribution >= 0.6 is 69.6 Å². The summed E-state index contributed by atoms with van der Waals surface area (Å²) in [6.45, 7) is 0.228. The van der Waals surface area contributed by atoms with E-state index in [1.165, 1.54) is 6.42 Å². The van der Waals surface area contributed by atoms with Gasteiger partial charge in [0, 0.05) is 27.8 Å². The SMILES string of the molecule is O=C(Cn1c2ccccc2c2cccc(-c3nc(C(Cl)(Cl)Cl)nc(C(Cl)(Cl)Cl)n3)c21)C1CCCCC1. The number of carbonyl (C=O) groups excluding carboxylic acids is 1. The Kier molecular flexibility index (Phi) is 7.36. The number of aromatic nitrogens is 4. The molecule has 0 bridgehead atoms. The molecule has 0 radical (unpaired) electrons. The number of carbonyl (C=O) groups is 1. The van der Waals surface area contributed by atoms with Crippen LogP contribution in [0.3, 0.4) is 0 Å². The van der Waals surface area contributed by atoms with E-state index in [1.54, 1.807) is 0 Å². The van der Waals surface area contributed by atoms with Crippen LogP contribution in [-0.2, 0) is 18.9 Å². The fraction of sp³-hybridized carbons (Fsp3) is 0.360. The Morgan fingerprint density at radius 3 is 2.06 bits per heavy atom. The molecule has 11 heteroatoms. The topological polar surface area (TPSA) is 60.7 Å². The van der Waals surface area contributed by atoms with Gasteiger partial charge in [-0.1, -0.05) is 119 Å². The second kappa shape index (κ2) is 10.1. The van der Waals surface area contributed by atoms with E-state index in [1.807, 2.05) is 47.0 Å². The van der Waals surface area contributed by atoms with Crippen molar-refractivity contribution in [2.24, 2.45) is 5.92 Å². The predicted octanol–water partition coefficient (Wildman–Crippen LogP) is 8.45. The van der Waals surface area contributed by atoms with E-state index in [-0.39, 0.29) is 35.7 Å². The monoisotopic (exact) mass is 602 g/mol. The summed E-state index contributed by atoms with van der Waals surface area (Å²) in [6.07, 6.45) is 5.20. The molecule has 0 N–H and O–H groups in total. The van der Waals surface area contributed by atoms with Crippen LogP contribution in [0.15, 0.2) is 42.5 Å². The van der Waals surface area contributed by atoms with Crippen molar-refractivity contribution in [3.8, 4) is 11.4 Å². The van der Waals surface area contributed by atoms with Crippen molar-refractivity contribution in [2.75, 3.05) is 0 Å². The molecule has 1 aliphatic rings. The first kappa shape index (κ1) is 26.3. The van der Waals surface area contributed by atoms with Crippen LogP contribution in [-0.4, -0.2) is 25.3 Å². The van der Waals surface area contributed by atoms with Gasteiger partial charge in [0.2, 0.25) is 7.59 Å². The summed E-state index contributed by atoms with van der Waals surface area (Å²) >= 11 is 36.6. The number of ketones is 1. The second-order valence-electron chi connectivity index (χ2n) is 8.91. The van der Waals surface area contributed by atoms with E-state index < -0.39 is 7.59 Å². The molecule has 5 rings (SSSR count). The number of halogens is 6. The van der Waals surface area contributed by atoms with Crippen LogP contribution < -0.4 is 0 Å². The summed E-state index contributed by atoms with van der Waals surface area (Å²) in [5.41, 5.74) is 2.31. The van der Waals surface area contributed by atoms with Crippen molar-refractivity contribution in [1.82, 2.24) is 19.5 Å². The zero-order valence-corrected chi connectivity index (χ0v) is 23.4. The van der Waals surface area contributed by atoms with Gasteiger partial charge >= 0.3 is 0 Å². The van der Waals surface area contributed by atoms with Crippen molar-refractivity contribution < 1.29 is 4.79 Å². The Balaban J connectivity index is 1.75. The van der Waals surface area contributed by atoms with Crippen molar-refractivity contribution in [2.45, 2.75) is 46.2 Å². The van der Waals surface area contributed by atoms with E-state index >= 15 is 0 Å². The Morgan fingerprint density at radius 2 is 1.42 bits per heavy atom. The third-order valence-corrected chi connectivity index (χ3v) is 7.56. The molecule has 4 aromatic rings. The van der Waals surface area contributed by atoms with Gasteiger partial charge in [0.15, 0.2) is 23.3 Å². The third-order valence-electron chi connectivity index (χ3n) is 6.55. The quantitative estimate of drug-likeness (QED) is 0.219. The minimum atomic E-state index is -1.97. The molecule has 36 heavy (non-hydrogen) atoms. The van der Waals surface area contributed by atoms with Gasteiger partial charge in [-0.3, -0.25) is 4.79 Å². The lowest BCUT2D eigenvalue weighted by Gasteiger charge is -2.21. The molecule has 2 aromatic carbocycles. The van der Waals surface area contributed by atoms with Crippen molar-refractivity contribution in [3.05, 3.63) is 54.1 Å². The van der Waals surface area contributed by atoms with Gasteiger partial charge in [0.25, 0.3) is 0 Å². The van der Waals surface area contributed by atoms with Crippen LogP contribution in [0.2, 0.25) is 0 Å². The molecule has 188 valence electrons. The van der Waals surface area contributed by atoms with Crippen molar-refractivity contribution in [3.63, 3.8) is 0 Å². The highest BCUT2D eigenvalue weighted by molar-refractivity contribution is 6.67. The number of hydrogen-bond acceptors (Lipinski definition) is 4. The first-order valence-corrected chi connectivity index (χ1v) is 13.7. The Labute approximate surface area is 238 Å². The maximum atomic E-state index is 13.4. The van der Waals surface area contributed by atoms with E-state index in [9.17, 15) is 4.79 Å². The fourth-order valence-corrected chi connectivity index (χ4v) is 5.42. The van der Waals surface area contributed by atoms with Crippen LogP contribution in [0.25, 0.3) is 33.2 Å². The number of alkyl halides is 6. The number of Topliss-reactive ketones (excluding diaryl/α,β-unsaturated/α-hetero) is 1. The van der Waals surface area contributed by atoms with Gasteiger partial charge < -0.3 is 4.57 Å². The number of nitrogens with zero attached hydrogens (tertiary/aromatic N) is 4. The normalized spacial score (nSPS) is 15.6. The Bertz CT molecular complexity index is 1420. The van der Waals surface area contributed by atoms with Gasteiger partial charge in [0.05, 0.1) is 12.1 Å². The van der Waals surface area contributed by atoms with Crippen LogP contribution in [0.4, 0.5) is 0 Å². The number of rotatable bonds is 4. The molecule has 5 nitrogen and oxygen atoms in total. The summed E-state index contributed by atoms with van der Waals surface area (Å²) < 4.78 is -1.93. The lowest BCUT2D eigenvalue weighted by molar-refractivity contribution is -0.124. The first-order chi connectivity index (χ1) is 17.0. The molecule has 0 atom stereocenters. The summed E-state index contributed by atoms with van der Waals surface area (Å²) in [4.78, 5) is 26.3. The fourth-order valence-electron chi connectivity index (χ4n) is 4.91. The van der Waals surface area contributed by atoms with Crippen molar-refractivity contribution >= 4 is 97.2 Å². The number of benzene rings is 2. The highest BCUT2D eigenvalue weighted by atomic mass is 35.6. The minimum absolute atomic E-state index is 0.0613. The van der Waals surface area contributed by atoms with E-state index in [4.69, 9.17) is 69.6 Å². The number of para-hydroxylation sites is 2. The summed E-state index contributed by atoms with van der Waals surface area (Å²) in [5, 5.41) is 1.94. The average Bonchev–Trinajstić information content (AvgIpc) is 3.17. The van der Waals surface area contributed by atoms with Gasteiger partial charge in [-0.2, -0.15) is 0 Å². The molecule has 1 aliphatic carbocycles. The molecular formula is C25H20Cl6N4O. The second-order valence-corrected chi connectivity index (χ2v) is 13.5. The van der Waals surface area contributed by atoms with Crippen molar-refractivity contribution in [1.29, 1.82) is 0 Å². The molecular weight excluding hydrogens is 585 g/mol. The van der Waals surface area contributed by atoms with Gasteiger partial charge in [-0.25, -0.2) is 15.0 Å². The summed E-state index contributed by atoms with van der Waals surface area (Å²) in [7, 11) is 0. The number of hydrogen-bond donors (Lipinski definition) is 0. The Morgan fingerprint density at radius 1 is 0.806 bits per heavy atom. The predicted molar refractivity (Wildman–Crippen MR) is 148 cm³/mol. The largest absolute Gasteiger partial charge is 0.332 e. The molecule has 1 saturated carbocycles. The van der Waals surface area contributed by atoms with Crippen LogP contribution in [0, 0.1) is 5.92 Å². The van der Waals surface area contributed by atoms with Crippen LogP contribution in [0.1, 0.15) is 43.8 Å². The zero-order valence-electron chi connectivity index (χ0n) is 18.8. The summed E-state index contributed by atoms with van der Waals surface area (Å²) in [5.74, 6) is 0.110. The highest BCUT2D eigenvalue weighted by Gasteiger charge is 2.34. The van der Waals surface area contributed by atoms with Gasteiger partial charge in [-0.15, -0.1) is 0 Å². The standard InChI is InChI=1S/C25H20Cl6N4O/c26-24(27,28)22-32-21(33-23(34-22)25(29,30)31)17-11-6-10-16-15-9-4-5-12-18(15)35(20(16)17)13-19(36)14-7-2-1-3-8-14/h4-6,9-12,14H,1-3,7-8,13H2. The van der Waals surface area contributed by atoms with Gasteiger partial charge in [-0.05, 0) is 25.0 Å². The maximum Gasteiger partial charge on any atom is 0.250 e. The zero-order chi connectivity index (χ0) is 25.7. The number of fused-ring (bicyclic) bond motifs is 3. The van der Waals surface area contributed by atoms with Crippen LogP contribution in [0.5, 0.6) is 0 Å². The van der Waals surface area contributed by atoms with E-state index in [2.05, 4.69) is 15.0 Å². The lowest BCUT2D eigenvalue weighted by atomic mass is 9.86. The Hall–Kier alpha value is -1.34. The highest BCUT2D eigenvalue weighted by Crippen LogP contribution is 2.42. The molecule has 2 aromatic heterocycles. The van der Waals surface area contributed by atoms with Gasteiger partial charge in [0.1, 0.15) is 0 Å². The maximum absolute atomic E-state index is 13.4. The lowest BCUT2D eigenvalue weighted by Crippen LogP contribution is -2.22.